The highest BCUT2D eigenvalue weighted by molar-refractivity contribution is 5.96. The Morgan fingerprint density at radius 2 is 1.67 bits per heavy atom. The minimum atomic E-state index is -1.06. The zero-order chi connectivity index (χ0) is 25.5. The number of nitrogens with one attached hydrogen (secondary N) is 2. The van der Waals surface area contributed by atoms with E-state index in [1.54, 1.807) is 6.07 Å². The van der Waals surface area contributed by atoms with Crippen molar-refractivity contribution in [1.82, 2.24) is 15.6 Å². The summed E-state index contributed by atoms with van der Waals surface area (Å²) in [5.74, 6) is -0.716. The molecule has 1 fully saturated rings. The number of hydrogen-bond donors (Lipinski definition) is 4. The van der Waals surface area contributed by atoms with Crippen molar-refractivity contribution in [1.29, 1.82) is 0 Å². The summed E-state index contributed by atoms with van der Waals surface area (Å²) in [6.07, 6.45) is 2.96. The maximum Gasteiger partial charge on any atom is 0.404 e. The lowest BCUT2D eigenvalue weighted by atomic mass is 9.91. The van der Waals surface area contributed by atoms with Crippen LogP contribution < -0.4 is 15.4 Å². The Morgan fingerprint density at radius 3 is 2.33 bits per heavy atom. The number of aliphatic hydroxyl groups is 1. The summed E-state index contributed by atoms with van der Waals surface area (Å²) in [6, 6.07) is 15.9. The Morgan fingerprint density at radius 1 is 0.972 bits per heavy atom. The van der Waals surface area contributed by atoms with Crippen LogP contribution in [0.25, 0.3) is 11.1 Å². The van der Waals surface area contributed by atoms with Crippen LogP contribution in [0.5, 0.6) is 11.6 Å². The minimum absolute atomic E-state index is 0.00873. The first kappa shape index (κ1) is 25.1. The lowest BCUT2D eigenvalue weighted by molar-refractivity contribution is 0.0919. The second-order valence-electron chi connectivity index (χ2n) is 8.78. The molecule has 188 valence electrons. The van der Waals surface area contributed by atoms with Gasteiger partial charge in [-0.2, -0.15) is 0 Å². The molecule has 1 saturated carbocycles. The van der Waals surface area contributed by atoms with Crippen molar-refractivity contribution >= 4 is 12.0 Å². The van der Waals surface area contributed by atoms with Crippen LogP contribution >= 0.6 is 0 Å². The van der Waals surface area contributed by atoms with E-state index in [1.807, 2.05) is 42.5 Å². The fourth-order valence-corrected chi connectivity index (χ4v) is 4.33. The van der Waals surface area contributed by atoms with Gasteiger partial charge in [0.2, 0.25) is 5.88 Å². The zero-order valence-electron chi connectivity index (χ0n) is 19.6. The van der Waals surface area contributed by atoms with Gasteiger partial charge in [0, 0.05) is 18.7 Å². The summed E-state index contributed by atoms with van der Waals surface area (Å²) in [5.41, 5.74) is 2.87. The van der Waals surface area contributed by atoms with Gasteiger partial charge in [0.1, 0.15) is 17.1 Å². The lowest BCUT2D eigenvalue weighted by Crippen LogP contribution is -2.43. The molecule has 1 aliphatic rings. The second kappa shape index (κ2) is 11.6. The van der Waals surface area contributed by atoms with Crippen molar-refractivity contribution in [2.45, 2.75) is 44.2 Å². The first-order valence-corrected chi connectivity index (χ1v) is 11.8. The summed E-state index contributed by atoms with van der Waals surface area (Å²) < 4.78 is 19.9. The van der Waals surface area contributed by atoms with Crippen LogP contribution in [0.4, 0.5) is 9.18 Å². The van der Waals surface area contributed by atoms with Gasteiger partial charge in [0.05, 0.1) is 6.20 Å². The normalized spacial score (nSPS) is 17.3. The summed E-state index contributed by atoms with van der Waals surface area (Å²) >= 11 is 0. The van der Waals surface area contributed by atoms with E-state index in [0.717, 1.165) is 29.0 Å². The highest BCUT2D eigenvalue weighted by Crippen LogP contribution is 2.29. The average molecular weight is 494 g/mol. The van der Waals surface area contributed by atoms with Crippen LogP contribution in [-0.2, 0) is 6.42 Å². The molecule has 36 heavy (non-hydrogen) atoms. The number of hydrogen-bond acceptors (Lipinski definition) is 5. The molecule has 1 aliphatic carbocycles. The van der Waals surface area contributed by atoms with Crippen molar-refractivity contribution in [2.75, 3.05) is 6.61 Å². The molecule has 0 spiro atoms. The predicted molar refractivity (Wildman–Crippen MR) is 132 cm³/mol. The first-order chi connectivity index (χ1) is 17.4. The highest BCUT2D eigenvalue weighted by atomic mass is 19.1. The molecule has 1 aromatic heterocycles. The molecular weight excluding hydrogens is 465 g/mol. The number of rotatable bonds is 8. The van der Waals surface area contributed by atoms with Gasteiger partial charge in [0.15, 0.2) is 0 Å². The number of pyridine rings is 1. The minimum Gasteiger partial charge on any atom is -0.465 e. The number of aromatic nitrogens is 1. The molecule has 0 aliphatic heterocycles. The Bertz CT molecular complexity index is 1210. The van der Waals surface area contributed by atoms with E-state index in [0.29, 0.717) is 37.9 Å². The molecule has 0 unspecified atom stereocenters. The van der Waals surface area contributed by atoms with Crippen LogP contribution in [0, 0.1) is 5.82 Å². The molecule has 4 N–H and O–H groups in total. The molecule has 8 nitrogen and oxygen atoms in total. The van der Waals surface area contributed by atoms with E-state index in [2.05, 4.69) is 15.6 Å². The highest BCUT2D eigenvalue weighted by Gasteiger charge is 2.25. The number of carbonyl (C=O) groups excluding carboxylic acids is 1. The standard InChI is InChI=1S/C27H28FN3O5/c28-20-15-24(25(33)30-21-8-10-22(11-9-21)31-27(34)35)26(29-16-20)36-23-3-1-2-19(14-23)18-6-4-17(5-7-18)12-13-32/h1-7,14-16,21-22,31-32H,8-13H2,(H,30,33)(H,34,35)/t21-,22-. The number of carboxylic acid groups (broad SMARTS) is 1. The molecule has 2 amide bonds. The third kappa shape index (κ3) is 6.57. The topological polar surface area (TPSA) is 121 Å². The molecule has 2 aromatic carbocycles. The molecular formula is C27H28FN3O5. The van der Waals surface area contributed by atoms with Crippen molar-refractivity contribution in [3.8, 4) is 22.8 Å². The van der Waals surface area contributed by atoms with Gasteiger partial charge in [-0.25, -0.2) is 14.2 Å². The SMILES string of the molecule is O=C(O)N[C@H]1CC[C@H](NC(=O)c2cc(F)cnc2Oc2cccc(-c3ccc(CCO)cc3)c2)CC1. The van der Waals surface area contributed by atoms with Gasteiger partial charge in [0.25, 0.3) is 5.91 Å². The number of aliphatic hydroxyl groups excluding tert-OH is 1. The molecule has 4 rings (SSSR count). The predicted octanol–water partition coefficient (Wildman–Crippen LogP) is 4.52. The first-order valence-electron chi connectivity index (χ1n) is 11.8. The van der Waals surface area contributed by atoms with Crippen molar-refractivity contribution in [2.24, 2.45) is 0 Å². The Balaban J connectivity index is 1.46. The van der Waals surface area contributed by atoms with Crippen LogP contribution in [0.2, 0.25) is 0 Å². The van der Waals surface area contributed by atoms with E-state index in [4.69, 9.17) is 14.9 Å². The molecule has 3 aromatic rings. The Hall–Kier alpha value is -3.98. The van der Waals surface area contributed by atoms with Crippen molar-refractivity contribution < 1.29 is 28.9 Å². The molecule has 0 radical (unpaired) electrons. The van der Waals surface area contributed by atoms with Gasteiger partial charge < -0.3 is 25.6 Å². The number of carbonyl (C=O) groups is 2. The summed E-state index contributed by atoms with van der Waals surface area (Å²) in [6.45, 7) is 0.0897. The largest absolute Gasteiger partial charge is 0.465 e. The monoisotopic (exact) mass is 493 g/mol. The average Bonchev–Trinajstić information content (AvgIpc) is 2.87. The van der Waals surface area contributed by atoms with Crippen molar-refractivity contribution in [3.05, 3.63) is 77.7 Å². The van der Waals surface area contributed by atoms with Gasteiger partial charge in [-0.1, -0.05) is 36.4 Å². The number of benzene rings is 2. The summed E-state index contributed by atoms with van der Waals surface area (Å²) in [4.78, 5) is 27.8. The smallest absolute Gasteiger partial charge is 0.404 e. The van der Waals surface area contributed by atoms with E-state index >= 15 is 0 Å². The van der Waals surface area contributed by atoms with Gasteiger partial charge in [-0.15, -0.1) is 0 Å². The van der Waals surface area contributed by atoms with Crippen molar-refractivity contribution in [3.63, 3.8) is 0 Å². The summed E-state index contributed by atoms with van der Waals surface area (Å²) in [5, 5.41) is 23.3. The third-order valence-corrected chi connectivity index (χ3v) is 6.19. The van der Waals surface area contributed by atoms with Crippen LogP contribution in [-0.4, -0.2) is 45.9 Å². The fourth-order valence-electron chi connectivity index (χ4n) is 4.33. The van der Waals surface area contributed by atoms with E-state index < -0.39 is 17.8 Å². The lowest BCUT2D eigenvalue weighted by Gasteiger charge is -2.29. The molecule has 0 atom stereocenters. The van der Waals surface area contributed by atoms with Crippen LogP contribution in [0.3, 0.4) is 0 Å². The van der Waals surface area contributed by atoms with Crippen LogP contribution in [0.1, 0.15) is 41.6 Å². The Kier molecular flexibility index (Phi) is 8.12. The Labute approximate surface area is 208 Å². The van der Waals surface area contributed by atoms with E-state index in [9.17, 15) is 14.0 Å². The number of amides is 2. The van der Waals surface area contributed by atoms with Gasteiger partial charge >= 0.3 is 6.09 Å². The maximum absolute atomic E-state index is 14.0. The van der Waals surface area contributed by atoms with Crippen LogP contribution in [0.15, 0.2) is 60.8 Å². The molecule has 0 bridgehead atoms. The molecule has 0 saturated heterocycles. The quantitative estimate of drug-likeness (QED) is 0.366. The van der Waals surface area contributed by atoms with Gasteiger partial charge in [-0.3, -0.25) is 4.79 Å². The zero-order valence-corrected chi connectivity index (χ0v) is 19.6. The maximum atomic E-state index is 14.0. The number of ether oxygens (including phenoxy) is 1. The molecule has 9 heteroatoms. The third-order valence-electron chi connectivity index (χ3n) is 6.19. The van der Waals surface area contributed by atoms with Gasteiger partial charge in [-0.05, 0) is 67.0 Å². The summed E-state index contributed by atoms with van der Waals surface area (Å²) in [7, 11) is 0. The van der Waals surface area contributed by atoms with E-state index in [-0.39, 0.29) is 30.1 Å². The second-order valence-corrected chi connectivity index (χ2v) is 8.78. The molecule has 1 heterocycles. The number of halogens is 1. The fraction of sp³-hybridized carbons (Fsp3) is 0.296. The number of nitrogens with zero attached hydrogens (tertiary/aromatic N) is 1. The van der Waals surface area contributed by atoms with E-state index in [1.165, 1.54) is 0 Å².